The molecule has 0 radical (unpaired) electrons. The monoisotopic (exact) mass is 320 g/mol. The molecule has 3 rings (SSSR count). The van der Waals surface area contributed by atoms with Crippen LogP contribution in [0.1, 0.15) is 17.8 Å². The number of aromatic nitrogens is 1. The van der Waals surface area contributed by atoms with Crippen LogP contribution in [-0.4, -0.2) is 70.9 Å². The summed E-state index contributed by atoms with van der Waals surface area (Å²) in [6, 6.07) is 0. The summed E-state index contributed by atoms with van der Waals surface area (Å²) in [5, 5.41) is 3.18. The van der Waals surface area contributed by atoms with Gasteiger partial charge in [0.25, 0.3) is 0 Å². The number of carbonyl (C=O) groups is 1. The molecular weight excluding hydrogens is 296 g/mol. The molecule has 5 nitrogen and oxygen atoms in total. The van der Waals surface area contributed by atoms with Crippen LogP contribution < -0.4 is 0 Å². The fourth-order valence-electron chi connectivity index (χ4n) is 3.57. The average molecular weight is 320 g/mol. The van der Waals surface area contributed by atoms with Gasteiger partial charge in [-0.25, -0.2) is 4.98 Å². The molecule has 0 aliphatic carbocycles. The third kappa shape index (κ3) is 2.83. The third-order valence-electron chi connectivity index (χ3n) is 5.00. The van der Waals surface area contributed by atoms with E-state index in [2.05, 4.69) is 28.4 Å². The van der Waals surface area contributed by atoms with Crippen LogP contribution in [0.5, 0.6) is 0 Å². The van der Waals surface area contributed by atoms with Gasteiger partial charge in [-0.1, -0.05) is 6.08 Å². The van der Waals surface area contributed by atoms with E-state index in [-0.39, 0.29) is 11.4 Å². The largest absolute Gasteiger partial charge is 0.336 e. The number of likely N-dealkylation sites (N-methyl/N-ethyl adjacent to an activating group) is 1. The van der Waals surface area contributed by atoms with Crippen LogP contribution in [0.15, 0.2) is 24.2 Å². The van der Waals surface area contributed by atoms with E-state index in [0.717, 1.165) is 50.6 Å². The minimum atomic E-state index is -0.305. The van der Waals surface area contributed by atoms with Crippen LogP contribution >= 0.6 is 11.3 Å². The molecule has 2 aliphatic heterocycles. The fraction of sp³-hybridized carbons (Fsp3) is 0.625. The zero-order valence-corrected chi connectivity index (χ0v) is 14.0. The lowest BCUT2D eigenvalue weighted by Gasteiger charge is -2.51. The smallest absolute Gasteiger partial charge is 0.243 e. The standard InChI is InChI=1S/C16H24N4OS/c1-3-7-20-11-10-18(2)16(15(20)21)4-8-19(9-5-16)13-14-17-6-12-22-14/h3,6,12H,1,4-5,7-11,13H2,2H3. The molecule has 0 aromatic carbocycles. The predicted octanol–water partition coefficient (Wildman–Crippen LogP) is 1.44. The van der Waals surface area contributed by atoms with Crippen LogP contribution in [0.3, 0.4) is 0 Å². The van der Waals surface area contributed by atoms with Crippen LogP contribution in [-0.2, 0) is 11.3 Å². The van der Waals surface area contributed by atoms with Crippen LogP contribution in [0.25, 0.3) is 0 Å². The molecule has 1 amide bonds. The van der Waals surface area contributed by atoms with E-state index in [0.29, 0.717) is 6.54 Å². The lowest BCUT2D eigenvalue weighted by Crippen LogP contribution is -2.67. The number of nitrogens with zero attached hydrogens (tertiary/aromatic N) is 4. The summed E-state index contributed by atoms with van der Waals surface area (Å²) in [6.07, 6.45) is 5.49. The maximum absolute atomic E-state index is 12.9. The Kier molecular flexibility index (Phi) is 4.61. The number of hydrogen-bond acceptors (Lipinski definition) is 5. The number of likely N-dealkylation sites (tertiary alicyclic amines) is 1. The second-order valence-electron chi connectivity index (χ2n) is 6.19. The fourth-order valence-corrected chi connectivity index (χ4v) is 4.23. The van der Waals surface area contributed by atoms with Crippen molar-refractivity contribution >= 4 is 17.2 Å². The topological polar surface area (TPSA) is 39.7 Å². The van der Waals surface area contributed by atoms with E-state index in [1.165, 1.54) is 0 Å². The summed E-state index contributed by atoms with van der Waals surface area (Å²) in [6.45, 7) is 9.02. The summed E-state index contributed by atoms with van der Waals surface area (Å²) in [4.78, 5) is 23.9. The Hall–Kier alpha value is -1.24. The molecule has 22 heavy (non-hydrogen) atoms. The van der Waals surface area contributed by atoms with Crippen molar-refractivity contribution in [3.8, 4) is 0 Å². The minimum absolute atomic E-state index is 0.287. The molecule has 0 unspecified atom stereocenters. The first-order valence-corrected chi connectivity index (χ1v) is 8.76. The van der Waals surface area contributed by atoms with Crippen molar-refractivity contribution in [2.45, 2.75) is 24.9 Å². The molecule has 2 fully saturated rings. The highest BCUT2D eigenvalue weighted by Gasteiger charge is 2.48. The number of carbonyl (C=O) groups excluding carboxylic acids is 1. The van der Waals surface area contributed by atoms with E-state index in [9.17, 15) is 4.79 Å². The molecule has 3 heterocycles. The molecule has 2 aliphatic rings. The molecule has 0 atom stereocenters. The van der Waals surface area contributed by atoms with Crippen LogP contribution in [0.4, 0.5) is 0 Å². The molecule has 1 spiro atoms. The van der Waals surface area contributed by atoms with E-state index >= 15 is 0 Å². The van der Waals surface area contributed by atoms with Crippen molar-refractivity contribution in [1.29, 1.82) is 0 Å². The Morgan fingerprint density at radius 3 is 2.77 bits per heavy atom. The second kappa shape index (κ2) is 6.48. The highest BCUT2D eigenvalue weighted by molar-refractivity contribution is 7.09. The zero-order chi connectivity index (χ0) is 15.6. The van der Waals surface area contributed by atoms with Gasteiger partial charge in [0, 0.05) is 44.3 Å². The van der Waals surface area contributed by atoms with Crippen LogP contribution in [0, 0.1) is 0 Å². The van der Waals surface area contributed by atoms with Gasteiger partial charge < -0.3 is 4.90 Å². The van der Waals surface area contributed by atoms with Gasteiger partial charge in [-0.05, 0) is 19.9 Å². The maximum atomic E-state index is 12.9. The highest BCUT2D eigenvalue weighted by Crippen LogP contribution is 2.33. The van der Waals surface area contributed by atoms with E-state index < -0.39 is 0 Å². The first-order valence-electron chi connectivity index (χ1n) is 7.88. The maximum Gasteiger partial charge on any atom is 0.243 e. The molecule has 2 saturated heterocycles. The quantitative estimate of drug-likeness (QED) is 0.787. The molecule has 0 saturated carbocycles. The molecule has 0 bridgehead atoms. The van der Waals surface area contributed by atoms with Crippen molar-refractivity contribution in [3.63, 3.8) is 0 Å². The van der Waals surface area contributed by atoms with Gasteiger partial charge in [-0.2, -0.15) is 0 Å². The van der Waals surface area contributed by atoms with Gasteiger partial charge in [-0.15, -0.1) is 17.9 Å². The number of amides is 1. The van der Waals surface area contributed by atoms with E-state index in [1.807, 2.05) is 22.6 Å². The van der Waals surface area contributed by atoms with Gasteiger partial charge in [0.05, 0.1) is 6.54 Å². The molecule has 1 aromatic rings. The Morgan fingerprint density at radius 2 is 2.14 bits per heavy atom. The Bertz CT molecular complexity index is 522. The minimum Gasteiger partial charge on any atom is -0.336 e. The normalized spacial score (nSPS) is 23.1. The first kappa shape index (κ1) is 15.6. The zero-order valence-electron chi connectivity index (χ0n) is 13.2. The number of piperazine rings is 1. The average Bonchev–Trinajstić information content (AvgIpc) is 3.03. The number of hydrogen-bond donors (Lipinski definition) is 0. The molecular formula is C16H24N4OS. The van der Waals surface area contributed by atoms with Crippen molar-refractivity contribution < 1.29 is 4.79 Å². The summed E-state index contributed by atoms with van der Waals surface area (Å²) < 4.78 is 0. The summed E-state index contributed by atoms with van der Waals surface area (Å²) in [5.41, 5.74) is -0.305. The van der Waals surface area contributed by atoms with Crippen molar-refractivity contribution in [2.24, 2.45) is 0 Å². The second-order valence-corrected chi connectivity index (χ2v) is 7.17. The van der Waals surface area contributed by atoms with E-state index in [1.54, 1.807) is 11.3 Å². The Balaban J connectivity index is 1.66. The van der Waals surface area contributed by atoms with Gasteiger partial charge in [0.2, 0.25) is 5.91 Å². The van der Waals surface area contributed by atoms with Crippen LogP contribution in [0.2, 0.25) is 0 Å². The number of rotatable bonds is 4. The van der Waals surface area contributed by atoms with Gasteiger partial charge in [-0.3, -0.25) is 14.6 Å². The first-order chi connectivity index (χ1) is 10.7. The summed E-state index contributed by atoms with van der Waals surface area (Å²) >= 11 is 1.70. The third-order valence-corrected chi connectivity index (χ3v) is 5.76. The van der Waals surface area contributed by atoms with Crippen molar-refractivity contribution in [1.82, 2.24) is 19.7 Å². The Morgan fingerprint density at radius 1 is 1.36 bits per heavy atom. The predicted molar refractivity (Wildman–Crippen MR) is 88.8 cm³/mol. The van der Waals surface area contributed by atoms with Gasteiger partial charge in [0.1, 0.15) is 10.5 Å². The van der Waals surface area contributed by atoms with Gasteiger partial charge >= 0.3 is 0 Å². The number of thiazole rings is 1. The lowest BCUT2D eigenvalue weighted by atomic mass is 9.83. The lowest BCUT2D eigenvalue weighted by molar-refractivity contribution is -0.153. The molecule has 1 aromatic heterocycles. The summed E-state index contributed by atoms with van der Waals surface area (Å²) in [7, 11) is 2.10. The molecule has 6 heteroatoms. The summed E-state index contributed by atoms with van der Waals surface area (Å²) in [5.74, 6) is 0.287. The van der Waals surface area contributed by atoms with Gasteiger partial charge in [0.15, 0.2) is 0 Å². The highest BCUT2D eigenvalue weighted by atomic mass is 32.1. The molecule has 0 N–H and O–H groups in total. The Labute approximate surface area is 136 Å². The SMILES string of the molecule is C=CCN1CCN(C)C2(CCN(Cc3nccs3)CC2)C1=O. The van der Waals surface area contributed by atoms with Crippen molar-refractivity contribution in [3.05, 3.63) is 29.2 Å². The van der Waals surface area contributed by atoms with E-state index in [4.69, 9.17) is 0 Å². The molecule has 120 valence electrons. The number of piperidine rings is 1. The van der Waals surface area contributed by atoms with Crippen molar-refractivity contribution in [2.75, 3.05) is 39.8 Å².